The van der Waals surface area contributed by atoms with E-state index in [1.54, 1.807) is 6.92 Å². The maximum absolute atomic E-state index is 12.3. The van der Waals surface area contributed by atoms with Gasteiger partial charge in [-0.05, 0) is 19.9 Å². The molecule has 0 amide bonds. The fourth-order valence-corrected chi connectivity index (χ4v) is 1.00. The minimum absolute atomic E-state index is 0.0689. The van der Waals surface area contributed by atoms with Crippen LogP contribution < -0.4 is 15.2 Å². The molecule has 17 heavy (non-hydrogen) atoms. The SMILES string of the molecule is CCOc1nc(OC(C)C(F)(F)F)ccc1N. The van der Waals surface area contributed by atoms with Crippen LogP contribution in [-0.4, -0.2) is 23.9 Å². The Morgan fingerprint density at radius 2 is 2.06 bits per heavy atom. The van der Waals surface area contributed by atoms with E-state index in [2.05, 4.69) is 9.72 Å². The van der Waals surface area contributed by atoms with Crippen molar-refractivity contribution < 1.29 is 22.6 Å². The highest BCUT2D eigenvalue weighted by atomic mass is 19.4. The summed E-state index contributed by atoms with van der Waals surface area (Å²) < 4.78 is 46.5. The van der Waals surface area contributed by atoms with Crippen molar-refractivity contribution in [3.63, 3.8) is 0 Å². The van der Waals surface area contributed by atoms with Crippen LogP contribution in [0.15, 0.2) is 12.1 Å². The zero-order valence-corrected chi connectivity index (χ0v) is 9.41. The average molecular weight is 250 g/mol. The third kappa shape index (κ3) is 3.69. The van der Waals surface area contributed by atoms with Gasteiger partial charge < -0.3 is 15.2 Å². The van der Waals surface area contributed by atoms with Gasteiger partial charge in [-0.25, -0.2) is 0 Å². The van der Waals surface area contributed by atoms with E-state index in [4.69, 9.17) is 10.5 Å². The van der Waals surface area contributed by atoms with Gasteiger partial charge in [0.05, 0.1) is 12.3 Å². The highest BCUT2D eigenvalue weighted by Crippen LogP contribution is 2.27. The lowest BCUT2D eigenvalue weighted by molar-refractivity contribution is -0.190. The Balaban J connectivity index is 2.82. The van der Waals surface area contributed by atoms with E-state index in [0.29, 0.717) is 6.61 Å². The van der Waals surface area contributed by atoms with Crippen LogP contribution in [0, 0.1) is 0 Å². The number of nitrogen functional groups attached to an aromatic ring is 1. The first-order chi connectivity index (χ1) is 7.84. The molecule has 0 bridgehead atoms. The predicted octanol–water partition coefficient (Wildman–Crippen LogP) is 2.39. The predicted molar refractivity (Wildman–Crippen MR) is 56.0 cm³/mol. The van der Waals surface area contributed by atoms with Gasteiger partial charge in [0.25, 0.3) is 0 Å². The Kier molecular flexibility index (Phi) is 4.03. The number of nitrogens with two attached hydrogens (primary N) is 1. The highest BCUT2D eigenvalue weighted by Gasteiger charge is 2.38. The summed E-state index contributed by atoms with van der Waals surface area (Å²) in [5.74, 6) is -0.105. The Bertz CT molecular complexity index is 382. The molecule has 0 aliphatic rings. The zero-order valence-electron chi connectivity index (χ0n) is 9.41. The molecule has 0 spiro atoms. The zero-order chi connectivity index (χ0) is 13.1. The van der Waals surface area contributed by atoms with Gasteiger partial charge in [-0.15, -0.1) is 0 Å². The minimum Gasteiger partial charge on any atom is -0.476 e. The maximum atomic E-state index is 12.3. The van der Waals surface area contributed by atoms with Gasteiger partial charge in [0, 0.05) is 6.07 Å². The molecule has 0 fully saturated rings. The lowest BCUT2D eigenvalue weighted by Crippen LogP contribution is -2.31. The summed E-state index contributed by atoms with van der Waals surface area (Å²) in [6, 6.07) is 2.65. The standard InChI is InChI=1S/C10H13F3N2O2/c1-3-16-9-7(14)4-5-8(15-9)17-6(2)10(11,12)13/h4-6H,3,14H2,1-2H3. The Morgan fingerprint density at radius 1 is 1.41 bits per heavy atom. The van der Waals surface area contributed by atoms with Crippen molar-refractivity contribution in [1.29, 1.82) is 0 Å². The number of hydrogen-bond acceptors (Lipinski definition) is 4. The number of halogens is 3. The maximum Gasteiger partial charge on any atom is 0.425 e. The molecule has 1 aromatic heterocycles. The summed E-state index contributed by atoms with van der Waals surface area (Å²) in [5.41, 5.74) is 5.78. The average Bonchev–Trinajstić information content (AvgIpc) is 2.22. The van der Waals surface area contributed by atoms with E-state index < -0.39 is 12.3 Å². The summed E-state index contributed by atoms with van der Waals surface area (Å²) in [6.07, 6.45) is -6.37. The molecule has 1 unspecified atom stereocenters. The molecule has 4 nitrogen and oxygen atoms in total. The first-order valence-corrected chi connectivity index (χ1v) is 4.97. The van der Waals surface area contributed by atoms with Crippen LogP contribution in [0.5, 0.6) is 11.8 Å². The largest absolute Gasteiger partial charge is 0.476 e. The monoisotopic (exact) mass is 250 g/mol. The smallest absolute Gasteiger partial charge is 0.425 e. The van der Waals surface area contributed by atoms with E-state index >= 15 is 0 Å². The molecule has 1 atom stereocenters. The molecule has 0 aliphatic carbocycles. The molecular weight excluding hydrogens is 237 g/mol. The van der Waals surface area contributed by atoms with E-state index in [1.165, 1.54) is 12.1 Å². The van der Waals surface area contributed by atoms with E-state index in [1.807, 2.05) is 0 Å². The second-order valence-electron chi connectivity index (χ2n) is 3.28. The van der Waals surface area contributed by atoms with Crippen molar-refractivity contribution in [2.75, 3.05) is 12.3 Å². The normalized spacial score (nSPS) is 13.2. The van der Waals surface area contributed by atoms with E-state index in [9.17, 15) is 13.2 Å². The van der Waals surface area contributed by atoms with E-state index in [0.717, 1.165) is 6.92 Å². The molecule has 2 N–H and O–H groups in total. The molecule has 96 valence electrons. The molecule has 0 saturated carbocycles. The van der Waals surface area contributed by atoms with Gasteiger partial charge in [-0.1, -0.05) is 0 Å². The quantitative estimate of drug-likeness (QED) is 0.891. The number of alkyl halides is 3. The number of hydrogen-bond donors (Lipinski definition) is 1. The number of rotatable bonds is 4. The molecule has 1 rings (SSSR count). The molecule has 0 saturated heterocycles. The number of pyridine rings is 1. The molecule has 1 heterocycles. The van der Waals surface area contributed by atoms with Gasteiger partial charge in [0.1, 0.15) is 0 Å². The van der Waals surface area contributed by atoms with Gasteiger partial charge >= 0.3 is 6.18 Å². The summed E-state index contributed by atoms with van der Waals surface area (Å²) >= 11 is 0. The lowest BCUT2D eigenvalue weighted by atomic mass is 10.4. The minimum atomic E-state index is -4.44. The third-order valence-corrected chi connectivity index (χ3v) is 1.90. The Hall–Kier alpha value is -1.66. The summed E-state index contributed by atoms with van der Waals surface area (Å²) in [6.45, 7) is 2.93. The Labute approximate surface area is 96.5 Å². The fourth-order valence-electron chi connectivity index (χ4n) is 1.00. The van der Waals surface area contributed by atoms with E-state index in [-0.39, 0.29) is 17.4 Å². The van der Waals surface area contributed by atoms with Crippen LogP contribution in [0.4, 0.5) is 18.9 Å². The fraction of sp³-hybridized carbons (Fsp3) is 0.500. The topological polar surface area (TPSA) is 57.4 Å². The van der Waals surface area contributed by atoms with Crippen molar-refractivity contribution in [2.45, 2.75) is 26.1 Å². The number of ether oxygens (including phenoxy) is 2. The van der Waals surface area contributed by atoms with Crippen molar-refractivity contribution in [2.24, 2.45) is 0 Å². The molecule has 0 radical (unpaired) electrons. The van der Waals surface area contributed by atoms with Crippen LogP contribution in [0.1, 0.15) is 13.8 Å². The molecule has 0 aliphatic heterocycles. The Morgan fingerprint density at radius 3 is 2.59 bits per heavy atom. The van der Waals surface area contributed by atoms with Crippen LogP contribution in [0.25, 0.3) is 0 Å². The summed E-state index contributed by atoms with van der Waals surface area (Å²) in [4.78, 5) is 3.75. The van der Waals surface area contributed by atoms with Crippen LogP contribution in [-0.2, 0) is 0 Å². The summed E-state index contributed by atoms with van der Waals surface area (Å²) in [5, 5.41) is 0. The molecule has 7 heteroatoms. The number of nitrogens with zero attached hydrogens (tertiary/aromatic N) is 1. The molecule has 0 aromatic carbocycles. The van der Waals surface area contributed by atoms with Crippen LogP contribution in [0.2, 0.25) is 0 Å². The van der Waals surface area contributed by atoms with Crippen molar-refractivity contribution >= 4 is 5.69 Å². The molecular formula is C10H13F3N2O2. The third-order valence-electron chi connectivity index (χ3n) is 1.90. The first-order valence-electron chi connectivity index (χ1n) is 4.97. The highest BCUT2D eigenvalue weighted by molar-refractivity contribution is 5.49. The number of anilines is 1. The van der Waals surface area contributed by atoms with Crippen LogP contribution >= 0.6 is 0 Å². The van der Waals surface area contributed by atoms with Crippen molar-refractivity contribution in [3.05, 3.63) is 12.1 Å². The van der Waals surface area contributed by atoms with Crippen molar-refractivity contribution in [3.8, 4) is 11.8 Å². The van der Waals surface area contributed by atoms with Gasteiger partial charge in [0.2, 0.25) is 11.8 Å². The van der Waals surface area contributed by atoms with Gasteiger partial charge in [0.15, 0.2) is 6.10 Å². The van der Waals surface area contributed by atoms with Crippen molar-refractivity contribution in [1.82, 2.24) is 4.98 Å². The first kappa shape index (κ1) is 13.4. The summed E-state index contributed by atoms with van der Waals surface area (Å²) in [7, 11) is 0. The number of aromatic nitrogens is 1. The van der Waals surface area contributed by atoms with Gasteiger partial charge in [-0.3, -0.25) is 0 Å². The van der Waals surface area contributed by atoms with Crippen LogP contribution in [0.3, 0.4) is 0 Å². The second-order valence-corrected chi connectivity index (χ2v) is 3.28. The second kappa shape index (κ2) is 5.11. The van der Waals surface area contributed by atoms with Gasteiger partial charge in [-0.2, -0.15) is 18.2 Å². The lowest BCUT2D eigenvalue weighted by Gasteiger charge is -2.17. The molecule has 1 aromatic rings.